The minimum absolute atomic E-state index is 0.666. The molecule has 0 atom stereocenters. The Morgan fingerprint density at radius 1 is 1.21 bits per heavy atom. The molecule has 4 rings (SSSR count). The summed E-state index contributed by atoms with van der Waals surface area (Å²) in [6.45, 7) is 0. The lowest BCUT2D eigenvalue weighted by molar-refractivity contribution is 0.959. The summed E-state index contributed by atoms with van der Waals surface area (Å²) in [5.74, 6) is 0.890. The Balaban J connectivity index is 1.88. The zero-order valence-electron chi connectivity index (χ0n) is 9.87. The Labute approximate surface area is 112 Å². The molecule has 0 radical (unpaired) electrons. The fraction of sp³-hybridized carbons (Fsp3) is 0.0769. The number of rotatable bonds is 2. The van der Waals surface area contributed by atoms with Crippen LogP contribution in [0.1, 0.15) is 11.5 Å². The van der Waals surface area contributed by atoms with Crippen molar-refractivity contribution in [3.63, 3.8) is 0 Å². The van der Waals surface area contributed by atoms with Crippen LogP contribution in [0, 0.1) is 0 Å². The minimum atomic E-state index is 0.666. The maximum atomic E-state index is 4.66. The van der Waals surface area contributed by atoms with E-state index in [1.54, 1.807) is 0 Å². The van der Waals surface area contributed by atoms with E-state index >= 15 is 0 Å². The standard InChI is InChI=1S/C13H9N5S/c1-2-4-10-9(3-1)13-11(6-14-10)15-12(16-13)5-8-7-19-18-17-8/h1-4,6-7H,5H2,(H,15,16). The summed E-state index contributed by atoms with van der Waals surface area (Å²) in [7, 11) is 0. The van der Waals surface area contributed by atoms with Gasteiger partial charge in [-0.2, -0.15) is 0 Å². The van der Waals surface area contributed by atoms with Gasteiger partial charge >= 0.3 is 0 Å². The fourth-order valence-corrected chi connectivity index (χ4v) is 2.62. The Bertz CT molecular complexity index is 850. The van der Waals surface area contributed by atoms with E-state index in [0.29, 0.717) is 6.42 Å². The first kappa shape index (κ1) is 10.6. The van der Waals surface area contributed by atoms with E-state index in [1.807, 2.05) is 35.8 Å². The van der Waals surface area contributed by atoms with Gasteiger partial charge < -0.3 is 4.98 Å². The summed E-state index contributed by atoms with van der Waals surface area (Å²) < 4.78 is 3.86. The molecule has 0 aliphatic carbocycles. The molecule has 6 heteroatoms. The number of nitrogens with zero attached hydrogens (tertiary/aromatic N) is 4. The van der Waals surface area contributed by atoms with Crippen LogP contribution in [-0.4, -0.2) is 24.5 Å². The molecule has 1 aromatic carbocycles. The highest BCUT2D eigenvalue weighted by Gasteiger charge is 2.08. The van der Waals surface area contributed by atoms with Gasteiger partial charge in [0.15, 0.2) is 0 Å². The molecule has 1 N–H and O–H groups in total. The van der Waals surface area contributed by atoms with Gasteiger partial charge in [-0.05, 0) is 17.6 Å². The van der Waals surface area contributed by atoms with Crippen LogP contribution >= 0.6 is 11.5 Å². The third-order valence-corrected chi connectivity index (χ3v) is 3.58. The molecular formula is C13H9N5S. The fourth-order valence-electron chi connectivity index (χ4n) is 2.17. The van der Waals surface area contributed by atoms with E-state index in [0.717, 1.165) is 33.5 Å². The highest BCUT2D eigenvalue weighted by Crippen LogP contribution is 2.21. The highest BCUT2D eigenvalue weighted by atomic mass is 32.1. The molecule has 3 aromatic heterocycles. The summed E-state index contributed by atoms with van der Waals surface area (Å²) in [4.78, 5) is 12.4. The Morgan fingerprint density at radius 3 is 3.05 bits per heavy atom. The van der Waals surface area contributed by atoms with Gasteiger partial charge in [-0.15, -0.1) is 5.10 Å². The van der Waals surface area contributed by atoms with Gasteiger partial charge in [0.05, 0.1) is 34.9 Å². The normalized spacial score (nSPS) is 11.4. The number of nitrogens with one attached hydrogen (secondary N) is 1. The van der Waals surface area contributed by atoms with Crippen LogP contribution in [-0.2, 0) is 6.42 Å². The first-order chi connectivity index (χ1) is 9.40. The second-order valence-electron chi connectivity index (χ2n) is 4.29. The van der Waals surface area contributed by atoms with Crippen LogP contribution in [0.3, 0.4) is 0 Å². The monoisotopic (exact) mass is 267 g/mol. The molecule has 0 saturated carbocycles. The summed E-state index contributed by atoms with van der Waals surface area (Å²) in [6, 6.07) is 8.02. The first-order valence-corrected chi connectivity index (χ1v) is 6.72. The van der Waals surface area contributed by atoms with E-state index in [-0.39, 0.29) is 0 Å². The number of hydrogen-bond acceptors (Lipinski definition) is 5. The van der Waals surface area contributed by atoms with Crippen molar-refractivity contribution >= 4 is 33.5 Å². The number of aromatic nitrogens is 5. The molecular weight excluding hydrogens is 258 g/mol. The Hall–Kier alpha value is -2.34. The smallest absolute Gasteiger partial charge is 0.113 e. The summed E-state index contributed by atoms with van der Waals surface area (Å²) in [6.07, 6.45) is 2.49. The molecule has 0 fully saturated rings. The molecule has 0 amide bonds. The molecule has 0 aliphatic rings. The van der Waals surface area contributed by atoms with Gasteiger partial charge in [-0.25, -0.2) is 4.98 Å². The topological polar surface area (TPSA) is 67.3 Å². The summed E-state index contributed by atoms with van der Waals surface area (Å²) in [5.41, 5.74) is 3.81. The van der Waals surface area contributed by atoms with Crippen molar-refractivity contribution in [2.24, 2.45) is 0 Å². The maximum absolute atomic E-state index is 4.66. The zero-order valence-corrected chi connectivity index (χ0v) is 10.7. The van der Waals surface area contributed by atoms with Crippen molar-refractivity contribution in [1.29, 1.82) is 0 Å². The zero-order chi connectivity index (χ0) is 12.7. The van der Waals surface area contributed by atoms with Gasteiger partial charge in [-0.1, -0.05) is 22.7 Å². The van der Waals surface area contributed by atoms with E-state index in [9.17, 15) is 0 Å². The summed E-state index contributed by atoms with van der Waals surface area (Å²) >= 11 is 1.35. The Morgan fingerprint density at radius 2 is 2.16 bits per heavy atom. The maximum Gasteiger partial charge on any atom is 0.113 e. The van der Waals surface area contributed by atoms with Crippen LogP contribution in [0.2, 0.25) is 0 Å². The van der Waals surface area contributed by atoms with Gasteiger partial charge in [0.2, 0.25) is 0 Å². The van der Waals surface area contributed by atoms with E-state index in [2.05, 4.69) is 24.5 Å². The number of hydrogen-bond donors (Lipinski definition) is 1. The number of benzene rings is 1. The van der Waals surface area contributed by atoms with Crippen LogP contribution < -0.4 is 0 Å². The van der Waals surface area contributed by atoms with Gasteiger partial charge in [0, 0.05) is 10.8 Å². The average Bonchev–Trinajstić information content (AvgIpc) is 3.08. The van der Waals surface area contributed by atoms with Crippen molar-refractivity contribution < 1.29 is 0 Å². The number of para-hydroxylation sites is 1. The molecule has 19 heavy (non-hydrogen) atoms. The van der Waals surface area contributed by atoms with Crippen LogP contribution in [0.25, 0.3) is 21.9 Å². The lowest BCUT2D eigenvalue weighted by Crippen LogP contribution is -1.90. The largest absolute Gasteiger partial charge is 0.340 e. The third kappa shape index (κ3) is 1.77. The summed E-state index contributed by atoms with van der Waals surface area (Å²) in [5, 5.41) is 7.04. The van der Waals surface area contributed by atoms with Crippen LogP contribution in [0.5, 0.6) is 0 Å². The molecule has 0 aliphatic heterocycles. The molecule has 0 bridgehead atoms. The molecule has 5 nitrogen and oxygen atoms in total. The first-order valence-electron chi connectivity index (χ1n) is 5.88. The number of fused-ring (bicyclic) bond motifs is 3. The number of imidazole rings is 1. The van der Waals surface area contributed by atoms with Gasteiger partial charge in [-0.3, -0.25) is 4.98 Å². The predicted molar refractivity (Wildman–Crippen MR) is 74.1 cm³/mol. The number of pyridine rings is 1. The SMILES string of the molecule is c1ccc2c(c1)ncc1[nH]c(Cc3csnn3)nc12. The molecule has 92 valence electrons. The second kappa shape index (κ2) is 4.10. The van der Waals surface area contributed by atoms with E-state index in [4.69, 9.17) is 0 Å². The van der Waals surface area contributed by atoms with Crippen molar-refractivity contribution in [1.82, 2.24) is 24.5 Å². The average molecular weight is 267 g/mol. The quantitative estimate of drug-likeness (QED) is 0.606. The highest BCUT2D eigenvalue weighted by molar-refractivity contribution is 7.03. The van der Waals surface area contributed by atoms with Gasteiger partial charge in [0.25, 0.3) is 0 Å². The van der Waals surface area contributed by atoms with Gasteiger partial charge in [0.1, 0.15) is 5.82 Å². The third-order valence-electron chi connectivity index (χ3n) is 3.03. The second-order valence-corrected chi connectivity index (χ2v) is 4.90. The lowest BCUT2D eigenvalue weighted by atomic mass is 10.2. The molecule has 0 spiro atoms. The molecule has 0 unspecified atom stereocenters. The van der Waals surface area contributed by atoms with Crippen molar-refractivity contribution in [3.8, 4) is 0 Å². The van der Waals surface area contributed by atoms with Crippen LogP contribution in [0.15, 0.2) is 35.8 Å². The van der Waals surface area contributed by atoms with Crippen molar-refractivity contribution in [2.45, 2.75) is 6.42 Å². The molecule has 3 heterocycles. The van der Waals surface area contributed by atoms with Crippen LogP contribution in [0.4, 0.5) is 0 Å². The Kier molecular flexibility index (Phi) is 2.28. The lowest BCUT2D eigenvalue weighted by Gasteiger charge is -1.95. The molecule has 0 saturated heterocycles. The van der Waals surface area contributed by atoms with E-state index in [1.165, 1.54) is 11.5 Å². The van der Waals surface area contributed by atoms with Crippen molar-refractivity contribution in [2.75, 3.05) is 0 Å². The number of aromatic amines is 1. The predicted octanol–water partition coefficient (Wildman–Crippen LogP) is 2.55. The minimum Gasteiger partial charge on any atom is -0.340 e. The number of H-pyrrole nitrogens is 1. The molecule has 4 aromatic rings. The van der Waals surface area contributed by atoms with E-state index < -0.39 is 0 Å². The van der Waals surface area contributed by atoms with Crippen molar-refractivity contribution in [3.05, 3.63) is 47.4 Å².